The van der Waals surface area contributed by atoms with Gasteiger partial charge in [0.2, 0.25) is 5.78 Å². The molecule has 3 aromatic carbocycles. The number of ketones is 1. The smallest absolute Gasteiger partial charge is 0.329 e. The Labute approximate surface area is 212 Å². The number of methoxy groups -OCH3 is 2. The molecule has 37 heavy (non-hydrogen) atoms. The first-order valence-corrected chi connectivity index (χ1v) is 11.4. The van der Waals surface area contributed by atoms with Crippen molar-refractivity contribution in [2.24, 2.45) is 0 Å². The van der Waals surface area contributed by atoms with E-state index in [0.29, 0.717) is 5.75 Å². The number of para-hydroxylation sites is 1. The van der Waals surface area contributed by atoms with Crippen LogP contribution in [0, 0.1) is 5.82 Å². The number of hydrogen-bond acceptors (Lipinski definition) is 6. The third kappa shape index (κ3) is 5.95. The van der Waals surface area contributed by atoms with Gasteiger partial charge in [0, 0.05) is 35.2 Å². The van der Waals surface area contributed by atoms with Crippen LogP contribution in [0.1, 0.15) is 26.3 Å². The fourth-order valence-corrected chi connectivity index (χ4v) is 3.90. The minimum atomic E-state index is -1.11. The van der Waals surface area contributed by atoms with Gasteiger partial charge in [-0.25, -0.2) is 9.18 Å². The number of amides is 1. The molecule has 0 radical (unpaired) electrons. The molecule has 0 aliphatic carbocycles. The number of carbonyl (C=O) groups is 3. The molecule has 0 fully saturated rings. The number of rotatable bonds is 10. The van der Waals surface area contributed by atoms with Crippen molar-refractivity contribution in [2.75, 3.05) is 20.8 Å². The molecule has 0 unspecified atom stereocenters. The fraction of sp³-hybridized carbons (Fsp3) is 0.179. The lowest BCUT2D eigenvalue weighted by Gasteiger charge is -2.18. The highest BCUT2D eigenvalue weighted by molar-refractivity contribution is 6.01. The van der Waals surface area contributed by atoms with Gasteiger partial charge in [0.05, 0.1) is 19.8 Å². The van der Waals surface area contributed by atoms with Crippen LogP contribution in [0.4, 0.5) is 4.39 Å². The normalized spacial score (nSPS) is 11.5. The lowest BCUT2D eigenvalue weighted by Crippen LogP contribution is -2.43. The number of ether oxygens (including phenoxy) is 3. The van der Waals surface area contributed by atoms with Crippen molar-refractivity contribution in [3.63, 3.8) is 0 Å². The summed E-state index contributed by atoms with van der Waals surface area (Å²) in [5, 5.41) is 3.54. The largest absolute Gasteiger partial charge is 0.497 e. The predicted molar refractivity (Wildman–Crippen MR) is 134 cm³/mol. The molecule has 0 aliphatic heterocycles. The summed E-state index contributed by atoms with van der Waals surface area (Å²) in [6.45, 7) is -0.557. The topological polar surface area (TPSA) is 107 Å². The zero-order valence-corrected chi connectivity index (χ0v) is 20.2. The van der Waals surface area contributed by atoms with Crippen LogP contribution in [0.25, 0.3) is 10.9 Å². The Morgan fingerprint density at radius 2 is 1.73 bits per heavy atom. The van der Waals surface area contributed by atoms with Gasteiger partial charge >= 0.3 is 5.97 Å². The number of benzene rings is 3. The molecule has 2 N–H and O–H groups in total. The molecular formula is C28H25FN2O6. The van der Waals surface area contributed by atoms with Crippen molar-refractivity contribution in [1.82, 2.24) is 10.3 Å². The Morgan fingerprint density at radius 1 is 0.973 bits per heavy atom. The minimum absolute atomic E-state index is 0.107. The number of esters is 1. The Kier molecular flexibility index (Phi) is 7.83. The summed E-state index contributed by atoms with van der Waals surface area (Å²) in [6.07, 6.45) is 1.86. The van der Waals surface area contributed by atoms with Crippen LogP contribution in [-0.4, -0.2) is 49.5 Å². The van der Waals surface area contributed by atoms with E-state index in [1.165, 1.54) is 32.4 Å². The maximum absolute atomic E-state index is 13.3. The van der Waals surface area contributed by atoms with Gasteiger partial charge in [-0.15, -0.1) is 0 Å². The highest BCUT2D eigenvalue weighted by Crippen LogP contribution is 2.25. The second-order valence-corrected chi connectivity index (χ2v) is 8.19. The average molecular weight is 505 g/mol. The number of Topliss-reactive ketones (excluding diaryl/α,β-unsaturated/α-hetero) is 1. The van der Waals surface area contributed by atoms with E-state index in [9.17, 15) is 18.8 Å². The Bertz CT molecular complexity index is 1430. The van der Waals surface area contributed by atoms with Crippen molar-refractivity contribution in [3.05, 3.63) is 95.4 Å². The summed E-state index contributed by atoms with van der Waals surface area (Å²) in [4.78, 5) is 41.9. The van der Waals surface area contributed by atoms with E-state index < -0.39 is 36.1 Å². The minimum Gasteiger partial charge on any atom is -0.497 e. The molecule has 1 atom stereocenters. The molecule has 0 aliphatic rings. The number of hydrogen-bond donors (Lipinski definition) is 2. The second kappa shape index (κ2) is 11.4. The first kappa shape index (κ1) is 25.4. The van der Waals surface area contributed by atoms with Gasteiger partial charge < -0.3 is 24.5 Å². The van der Waals surface area contributed by atoms with Crippen molar-refractivity contribution >= 4 is 28.6 Å². The van der Waals surface area contributed by atoms with Gasteiger partial charge in [0.1, 0.15) is 23.4 Å². The summed E-state index contributed by atoms with van der Waals surface area (Å²) in [7, 11) is 2.91. The van der Waals surface area contributed by atoms with Gasteiger partial charge in [-0.1, -0.05) is 18.2 Å². The zero-order chi connectivity index (χ0) is 26.4. The van der Waals surface area contributed by atoms with Crippen LogP contribution in [0.2, 0.25) is 0 Å². The average Bonchev–Trinajstić information content (AvgIpc) is 3.33. The first-order chi connectivity index (χ1) is 17.9. The van der Waals surface area contributed by atoms with E-state index in [1.807, 2.05) is 24.3 Å². The number of H-pyrrole nitrogens is 1. The molecule has 1 amide bonds. The number of carbonyl (C=O) groups excluding carboxylic acids is 3. The maximum atomic E-state index is 13.3. The van der Waals surface area contributed by atoms with Gasteiger partial charge in [-0.2, -0.15) is 0 Å². The summed E-state index contributed by atoms with van der Waals surface area (Å²) in [5.74, 6) is -1.55. The SMILES string of the molecule is COc1ccc(C(=O)COC(=O)[C@H](Cc2c[nH]c3ccccc23)NC(=O)c2ccc(F)cc2)c(OC)c1. The highest BCUT2D eigenvalue weighted by atomic mass is 19.1. The summed E-state index contributed by atoms with van der Waals surface area (Å²) < 4.78 is 29.0. The molecule has 0 saturated heterocycles. The van der Waals surface area contributed by atoms with Crippen LogP contribution in [0.3, 0.4) is 0 Å². The fourth-order valence-electron chi connectivity index (χ4n) is 3.90. The first-order valence-electron chi connectivity index (χ1n) is 11.4. The van der Waals surface area contributed by atoms with E-state index in [-0.39, 0.29) is 23.3 Å². The van der Waals surface area contributed by atoms with Gasteiger partial charge in [0.25, 0.3) is 5.91 Å². The van der Waals surface area contributed by atoms with Crippen LogP contribution < -0.4 is 14.8 Å². The van der Waals surface area contributed by atoms with E-state index >= 15 is 0 Å². The van der Waals surface area contributed by atoms with Gasteiger partial charge in [-0.3, -0.25) is 9.59 Å². The number of aromatic nitrogens is 1. The third-order valence-electron chi connectivity index (χ3n) is 5.85. The van der Waals surface area contributed by atoms with Crippen molar-refractivity contribution in [3.8, 4) is 11.5 Å². The van der Waals surface area contributed by atoms with Gasteiger partial charge in [-0.05, 0) is 48.0 Å². The van der Waals surface area contributed by atoms with Crippen molar-refractivity contribution in [1.29, 1.82) is 0 Å². The number of halogens is 1. The van der Waals surface area contributed by atoms with E-state index in [1.54, 1.807) is 18.3 Å². The second-order valence-electron chi connectivity index (χ2n) is 8.19. The summed E-state index contributed by atoms with van der Waals surface area (Å²) >= 11 is 0. The summed E-state index contributed by atoms with van der Waals surface area (Å²) in [6, 6.07) is 16.0. The number of fused-ring (bicyclic) bond motifs is 1. The van der Waals surface area contributed by atoms with Crippen LogP contribution in [0.5, 0.6) is 11.5 Å². The van der Waals surface area contributed by atoms with Crippen molar-refractivity contribution < 1.29 is 33.0 Å². The zero-order valence-electron chi connectivity index (χ0n) is 20.2. The Hall–Kier alpha value is -4.66. The molecular weight excluding hydrogens is 479 g/mol. The molecule has 4 aromatic rings. The lowest BCUT2D eigenvalue weighted by atomic mass is 10.0. The molecule has 4 rings (SSSR count). The van der Waals surface area contributed by atoms with Crippen molar-refractivity contribution in [2.45, 2.75) is 12.5 Å². The van der Waals surface area contributed by atoms with E-state index in [2.05, 4.69) is 10.3 Å². The van der Waals surface area contributed by atoms with E-state index in [0.717, 1.165) is 28.6 Å². The summed E-state index contributed by atoms with van der Waals surface area (Å²) in [5.41, 5.74) is 2.05. The highest BCUT2D eigenvalue weighted by Gasteiger charge is 2.26. The maximum Gasteiger partial charge on any atom is 0.329 e. The Morgan fingerprint density at radius 3 is 2.46 bits per heavy atom. The molecule has 8 nitrogen and oxygen atoms in total. The van der Waals surface area contributed by atoms with Gasteiger partial charge in [0.15, 0.2) is 6.61 Å². The quantitative estimate of drug-likeness (QED) is 0.249. The number of nitrogens with one attached hydrogen (secondary N) is 2. The molecule has 0 saturated carbocycles. The van der Waals surface area contributed by atoms with Crippen LogP contribution in [0.15, 0.2) is 72.9 Å². The number of aromatic amines is 1. The Balaban J connectivity index is 1.52. The molecule has 1 heterocycles. The molecule has 0 bridgehead atoms. The van der Waals surface area contributed by atoms with Crippen LogP contribution in [-0.2, 0) is 16.0 Å². The lowest BCUT2D eigenvalue weighted by molar-refractivity contribution is -0.144. The standard InChI is InChI=1S/C28H25FN2O6/c1-35-20-11-12-22(26(14-20)36-2)25(32)16-37-28(34)24(31-27(33)17-7-9-19(29)10-8-17)13-18-15-30-23-6-4-3-5-21(18)23/h3-12,14-15,24,30H,13,16H2,1-2H3,(H,31,33)/t24-/m0/s1. The molecule has 1 aromatic heterocycles. The third-order valence-corrected chi connectivity index (χ3v) is 5.85. The predicted octanol–water partition coefficient (Wildman–Crippen LogP) is 4.09. The van der Waals surface area contributed by atoms with Crippen LogP contribution >= 0.6 is 0 Å². The monoisotopic (exact) mass is 504 g/mol. The molecule has 0 spiro atoms. The molecule has 190 valence electrons. The molecule has 9 heteroatoms. The van der Waals surface area contributed by atoms with E-state index in [4.69, 9.17) is 14.2 Å².